The number of hydrogen-bond acceptors (Lipinski definition) is 1. The van der Waals surface area contributed by atoms with Crippen LogP contribution >= 0.6 is 15.9 Å². The van der Waals surface area contributed by atoms with Crippen molar-refractivity contribution in [2.24, 2.45) is 0 Å². The second kappa shape index (κ2) is 5.44. The van der Waals surface area contributed by atoms with Gasteiger partial charge in [0.15, 0.2) is 17.4 Å². The molecule has 0 aliphatic heterocycles. The zero-order valence-electron chi connectivity index (χ0n) is 9.09. The molecular weight excluding hydrogens is 309 g/mol. The van der Waals surface area contributed by atoms with Crippen LogP contribution in [0.5, 0.6) is 11.5 Å². The fourth-order valence-electron chi connectivity index (χ4n) is 1.44. The van der Waals surface area contributed by atoms with E-state index < -0.39 is 23.2 Å². The molecule has 0 heterocycles. The first-order valence-electron chi connectivity index (χ1n) is 5.07. The molecule has 0 radical (unpaired) electrons. The van der Waals surface area contributed by atoms with Gasteiger partial charge in [-0.25, -0.2) is 13.2 Å². The van der Waals surface area contributed by atoms with Gasteiger partial charge < -0.3 is 4.74 Å². The molecule has 2 aromatic carbocycles. The summed E-state index contributed by atoms with van der Waals surface area (Å²) >= 11 is 3.10. The quantitative estimate of drug-likeness (QED) is 0.740. The summed E-state index contributed by atoms with van der Waals surface area (Å²) in [5, 5.41) is 0.334. The summed E-state index contributed by atoms with van der Waals surface area (Å²) < 4.78 is 45.1. The zero-order valence-corrected chi connectivity index (χ0v) is 10.7. The van der Waals surface area contributed by atoms with E-state index in [0.717, 1.165) is 18.2 Å². The smallest absolute Gasteiger partial charge is 0.198 e. The van der Waals surface area contributed by atoms with Gasteiger partial charge in [-0.3, -0.25) is 0 Å². The Balaban J connectivity index is 2.35. The van der Waals surface area contributed by atoms with E-state index in [1.165, 1.54) is 18.2 Å². The molecule has 0 bridgehead atoms. The van der Waals surface area contributed by atoms with Gasteiger partial charge in [0.1, 0.15) is 11.6 Å². The van der Waals surface area contributed by atoms with Crippen LogP contribution in [0.3, 0.4) is 0 Å². The maximum atomic E-state index is 13.6. The van der Waals surface area contributed by atoms with Gasteiger partial charge in [-0.15, -0.1) is 0 Å². The molecule has 0 saturated heterocycles. The molecule has 1 nitrogen and oxygen atoms in total. The highest BCUT2D eigenvalue weighted by molar-refractivity contribution is 9.08. The predicted molar refractivity (Wildman–Crippen MR) is 65.5 cm³/mol. The van der Waals surface area contributed by atoms with E-state index in [0.29, 0.717) is 10.9 Å². The van der Waals surface area contributed by atoms with Gasteiger partial charge in [0.05, 0.1) is 0 Å². The molecule has 0 fully saturated rings. The van der Waals surface area contributed by atoms with Gasteiger partial charge in [-0.05, 0) is 29.8 Å². The minimum atomic E-state index is -0.825. The second-order valence-corrected chi connectivity index (χ2v) is 4.14. The fourth-order valence-corrected chi connectivity index (χ4v) is 1.76. The summed E-state index contributed by atoms with van der Waals surface area (Å²) in [5.74, 6) is -2.68. The Hall–Kier alpha value is -1.49. The van der Waals surface area contributed by atoms with Crippen molar-refractivity contribution in [3.8, 4) is 11.5 Å². The van der Waals surface area contributed by atoms with Crippen molar-refractivity contribution in [1.82, 2.24) is 0 Å². The summed E-state index contributed by atoms with van der Waals surface area (Å²) in [6.07, 6.45) is 0. The summed E-state index contributed by atoms with van der Waals surface area (Å²) in [7, 11) is 0. The highest BCUT2D eigenvalue weighted by Crippen LogP contribution is 2.29. The number of halogens is 4. The average molecular weight is 317 g/mol. The molecule has 0 amide bonds. The van der Waals surface area contributed by atoms with Gasteiger partial charge in [-0.1, -0.05) is 22.0 Å². The minimum Gasteiger partial charge on any atom is -0.451 e. The molecule has 2 rings (SSSR count). The average Bonchev–Trinajstić information content (AvgIpc) is 2.33. The van der Waals surface area contributed by atoms with Crippen molar-refractivity contribution >= 4 is 15.9 Å². The first-order valence-corrected chi connectivity index (χ1v) is 6.19. The Morgan fingerprint density at radius 3 is 2.22 bits per heavy atom. The van der Waals surface area contributed by atoms with Gasteiger partial charge >= 0.3 is 0 Å². The van der Waals surface area contributed by atoms with Crippen LogP contribution in [0.1, 0.15) is 5.56 Å². The maximum Gasteiger partial charge on any atom is 0.198 e. The molecule has 94 valence electrons. The second-order valence-electron chi connectivity index (χ2n) is 3.58. The molecule has 0 aliphatic rings. The number of ether oxygens (including phenoxy) is 1. The first kappa shape index (κ1) is 13.0. The van der Waals surface area contributed by atoms with Gasteiger partial charge in [-0.2, -0.15) is 0 Å². The minimum absolute atomic E-state index is 0.0411. The molecule has 0 aliphatic carbocycles. The largest absolute Gasteiger partial charge is 0.451 e. The molecule has 2 aromatic rings. The lowest BCUT2D eigenvalue weighted by Crippen LogP contribution is -1.95. The van der Waals surface area contributed by atoms with E-state index in [9.17, 15) is 13.2 Å². The van der Waals surface area contributed by atoms with Crippen LogP contribution in [0.2, 0.25) is 0 Å². The molecule has 0 saturated carbocycles. The first-order chi connectivity index (χ1) is 8.60. The van der Waals surface area contributed by atoms with Crippen LogP contribution in [0, 0.1) is 17.5 Å². The van der Waals surface area contributed by atoms with Crippen molar-refractivity contribution in [2.75, 3.05) is 0 Å². The molecule has 0 atom stereocenters. The topological polar surface area (TPSA) is 9.23 Å². The van der Waals surface area contributed by atoms with Crippen LogP contribution in [0.15, 0.2) is 36.4 Å². The molecule has 0 aromatic heterocycles. The highest BCUT2D eigenvalue weighted by Gasteiger charge is 2.13. The number of rotatable bonds is 3. The standard InChI is InChI=1S/C13H8BrF3O/c14-7-8-4-11(16)13(12(17)5-8)18-10-3-1-2-9(15)6-10/h1-6H,7H2. The normalized spacial score (nSPS) is 10.4. The number of hydrogen-bond donors (Lipinski definition) is 0. The Morgan fingerprint density at radius 2 is 1.67 bits per heavy atom. The van der Waals surface area contributed by atoms with Crippen molar-refractivity contribution in [3.05, 3.63) is 59.4 Å². The molecule has 0 N–H and O–H groups in total. The maximum absolute atomic E-state index is 13.6. The summed E-state index contributed by atoms with van der Waals surface area (Å²) in [6.45, 7) is 0. The van der Waals surface area contributed by atoms with Crippen molar-refractivity contribution in [2.45, 2.75) is 5.33 Å². The molecule has 0 unspecified atom stereocenters. The Bertz CT molecular complexity index is 549. The van der Waals surface area contributed by atoms with E-state index in [4.69, 9.17) is 4.74 Å². The van der Waals surface area contributed by atoms with Crippen molar-refractivity contribution < 1.29 is 17.9 Å². The fraction of sp³-hybridized carbons (Fsp3) is 0.0769. The van der Waals surface area contributed by atoms with E-state index in [-0.39, 0.29) is 5.75 Å². The number of benzene rings is 2. The van der Waals surface area contributed by atoms with Crippen LogP contribution in [0.25, 0.3) is 0 Å². The Morgan fingerprint density at radius 1 is 1.00 bits per heavy atom. The van der Waals surface area contributed by atoms with Crippen LogP contribution in [-0.4, -0.2) is 0 Å². The van der Waals surface area contributed by atoms with Gasteiger partial charge in [0.2, 0.25) is 0 Å². The summed E-state index contributed by atoms with van der Waals surface area (Å²) in [4.78, 5) is 0. The van der Waals surface area contributed by atoms with Crippen molar-refractivity contribution in [3.63, 3.8) is 0 Å². The Kier molecular flexibility index (Phi) is 3.91. The third kappa shape index (κ3) is 2.85. The molecule has 5 heteroatoms. The van der Waals surface area contributed by atoms with Gasteiger partial charge in [0, 0.05) is 11.4 Å². The van der Waals surface area contributed by atoms with E-state index >= 15 is 0 Å². The molecule has 18 heavy (non-hydrogen) atoms. The van der Waals surface area contributed by atoms with Crippen LogP contribution in [-0.2, 0) is 5.33 Å². The third-order valence-electron chi connectivity index (χ3n) is 2.23. The van der Waals surface area contributed by atoms with Crippen LogP contribution in [0.4, 0.5) is 13.2 Å². The lowest BCUT2D eigenvalue weighted by molar-refractivity contribution is 0.404. The summed E-state index contributed by atoms with van der Waals surface area (Å²) in [6, 6.07) is 7.40. The predicted octanol–water partition coefficient (Wildman–Crippen LogP) is 4.79. The van der Waals surface area contributed by atoms with Crippen LogP contribution < -0.4 is 4.74 Å². The number of alkyl halides is 1. The van der Waals surface area contributed by atoms with E-state index in [1.807, 2.05) is 0 Å². The lowest BCUT2D eigenvalue weighted by Gasteiger charge is -2.09. The molecule has 0 spiro atoms. The Labute approximate surface area is 110 Å². The molecular formula is C13H8BrF3O. The lowest BCUT2D eigenvalue weighted by atomic mass is 10.2. The van der Waals surface area contributed by atoms with Gasteiger partial charge in [0.25, 0.3) is 0 Å². The highest BCUT2D eigenvalue weighted by atomic mass is 79.9. The zero-order chi connectivity index (χ0) is 13.1. The monoisotopic (exact) mass is 316 g/mol. The van der Waals surface area contributed by atoms with E-state index in [2.05, 4.69) is 15.9 Å². The third-order valence-corrected chi connectivity index (χ3v) is 2.88. The van der Waals surface area contributed by atoms with Crippen molar-refractivity contribution in [1.29, 1.82) is 0 Å². The summed E-state index contributed by atoms with van der Waals surface area (Å²) in [5.41, 5.74) is 0.455. The van der Waals surface area contributed by atoms with E-state index in [1.54, 1.807) is 0 Å². The SMILES string of the molecule is Fc1cccc(Oc2c(F)cc(CBr)cc2F)c1.